The number of benzene rings is 3. The second-order valence-electron chi connectivity index (χ2n) is 8.32. The highest BCUT2D eigenvalue weighted by Crippen LogP contribution is 2.28. The number of fused-ring (bicyclic) bond motifs is 1. The van der Waals surface area contributed by atoms with E-state index < -0.39 is 0 Å². The van der Waals surface area contributed by atoms with Crippen molar-refractivity contribution < 1.29 is 14.3 Å². The topological polar surface area (TPSA) is 40.5 Å². The molecule has 164 valence electrons. The first-order valence-corrected chi connectivity index (χ1v) is 11.0. The van der Waals surface area contributed by atoms with E-state index in [0.29, 0.717) is 30.4 Å². The summed E-state index contributed by atoms with van der Waals surface area (Å²) in [5, 5.41) is 0.938. The molecule has 0 radical (unpaired) electrons. The smallest absolute Gasteiger partial charge is 0.202 e. The summed E-state index contributed by atoms with van der Waals surface area (Å²) in [5.74, 6) is 1.98. The monoisotopic (exact) mass is 427 g/mol. The van der Waals surface area contributed by atoms with Crippen LogP contribution in [0.4, 0.5) is 0 Å². The first kappa shape index (κ1) is 21.7. The minimum atomic E-state index is -0.0366. The Morgan fingerprint density at radius 1 is 0.938 bits per heavy atom. The van der Waals surface area contributed by atoms with Gasteiger partial charge in [-0.15, -0.1) is 0 Å². The molecule has 0 spiro atoms. The third-order valence-electron chi connectivity index (χ3n) is 5.58. The van der Waals surface area contributed by atoms with Crippen LogP contribution in [-0.2, 0) is 6.54 Å². The summed E-state index contributed by atoms with van der Waals surface area (Å²) < 4.78 is 14.0. The molecular formula is C28H29NO3. The summed E-state index contributed by atoms with van der Waals surface area (Å²) in [5.41, 5.74) is 4.09. The van der Waals surface area contributed by atoms with E-state index in [0.717, 1.165) is 16.7 Å². The van der Waals surface area contributed by atoms with Crippen molar-refractivity contribution in [3.05, 3.63) is 95.7 Å². The van der Waals surface area contributed by atoms with Gasteiger partial charge in [0, 0.05) is 22.7 Å². The maximum atomic E-state index is 12.9. The second kappa shape index (κ2) is 9.73. The normalized spacial score (nSPS) is 11.1. The molecule has 0 bridgehead atoms. The number of aromatic nitrogens is 1. The number of nitrogens with zero attached hydrogens (tertiary/aromatic N) is 1. The molecule has 4 heteroatoms. The zero-order valence-corrected chi connectivity index (χ0v) is 18.9. The van der Waals surface area contributed by atoms with Gasteiger partial charge in [-0.3, -0.25) is 4.79 Å². The SMILES string of the molecule is Cc1ccc(C(C)C)c(OCCn2cc(C(=O)COc3ccccc3)c3ccccc32)c1. The van der Waals surface area contributed by atoms with Gasteiger partial charge in [-0.05, 0) is 48.2 Å². The number of Topliss-reactive ketones (excluding diaryl/α,β-unsaturated/α-hetero) is 1. The predicted molar refractivity (Wildman–Crippen MR) is 129 cm³/mol. The molecule has 0 unspecified atom stereocenters. The molecule has 0 aliphatic rings. The van der Waals surface area contributed by atoms with Crippen LogP contribution in [0.1, 0.15) is 41.3 Å². The summed E-state index contributed by atoms with van der Waals surface area (Å²) >= 11 is 0. The van der Waals surface area contributed by atoms with Gasteiger partial charge >= 0.3 is 0 Å². The van der Waals surface area contributed by atoms with Crippen molar-refractivity contribution >= 4 is 16.7 Å². The number of aryl methyl sites for hydroxylation is 1. The Morgan fingerprint density at radius 2 is 1.69 bits per heavy atom. The van der Waals surface area contributed by atoms with E-state index in [1.807, 2.05) is 60.8 Å². The number of para-hydroxylation sites is 2. The molecule has 4 rings (SSSR count). The van der Waals surface area contributed by atoms with Crippen LogP contribution in [0.15, 0.2) is 79.0 Å². The lowest BCUT2D eigenvalue weighted by atomic mass is 10.0. The van der Waals surface area contributed by atoms with E-state index in [1.54, 1.807) is 0 Å². The number of carbonyl (C=O) groups excluding carboxylic acids is 1. The maximum absolute atomic E-state index is 12.9. The molecule has 4 nitrogen and oxygen atoms in total. The third-order valence-corrected chi connectivity index (χ3v) is 5.58. The average molecular weight is 428 g/mol. The third kappa shape index (κ3) is 4.86. The summed E-state index contributed by atoms with van der Waals surface area (Å²) in [4.78, 5) is 12.9. The Kier molecular flexibility index (Phi) is 6.60. The largest absolute Gasteiger partial charge is 0.491 e. The van der Waals surface area contributed by atoms with Gasteiger partial charge < -0.3 is 14.0 Å². The minimum absolute atomic E-state index is 0.00949. The van der Waals surface area contributed by atoms with Gasteiger partial charge in [-0.2, -0.15) is 0 Å². The highest BCUT2D eigenvalue weighted by molar-refractivity contribution is 6.08. The first-order chi connectivity index (χ1) is 15.5. The zero-order valence-electron chi connectivity index (χ0n) is 18.9. The fourth-order valence-electron chi connectivity index (χ4n) is 3.89. The number of rotatable bonds is 9. The molecule has 3 aromatic carbocycles. The summed E-state index contributed by atoms with van der Waals surface area (Å²) in [6, 6.07) is 23.7. The number of hydrogen-bond acceptors (Lipinski definition) is 3. The molecule has 0 fully saturated rings. The van der Waals surface area contributed by atoms with E-state index in [-0.39, 0.29) is 12.4 Å². The highest BCUT2D eigenvalue weighted by Gasteiger charge is 2.16. The van der Waals surface area contributed by atoms with E-state index in [2.05, 4.69) is 43.5 Å². The Balaban J connectivity index is 1.49. The number of hydrogen-bond donors (Lipinski definition) is 0. The van der Waals surface area contributed by atoms with Crippen molar-refractivity contribution in [2.24, 2.45) is 0 Å². The number of ketones is 1. The van der Waals surface area contributed by atoms with E-state index in [9.17, 15) is 4.79 Å². The van der Waals surface area contributed by atoms with Gasteiger partial charge in [-0.25, -0.2) is 0 Å². The molecule has 0 N–H and O–H groups in total. The first-order valence-electron chi connectivity index (χ1n) is 11.0. The maximum Gasteiger partial charge on any atom is 0.202 e. The van der Waals surface area contributed by atoms with Crippen molar-refractivity contribution in [1.82, 2.24) is 4.57 Å². The molecular weight excluding hydrogens is 398 g/mol. The standard InChI is InChI=1S/C28H29NO3/c1-20(2)23-14-13-21(3)17-28(23)31-16-15-29-18-25(24-11-7-8-12-26(24)29)27(30)19-32-22-9-5-4-6-10-22/h4-14,17-18,20H,15-16,19H2,1-3H3. The van der Waals surface area contributed by atoms with Crippen LogP contribution in [0, 0.1) is 6.92 Å². The molecule has 1 aromatic heterocycles. The second-order valence-corrected chi connectivity index (χ2v) is 8.32. The van der Waals surface area contributed by atoms with E-state index in [4.69, 9.17) is 9.47 Å². The van der Waals surface area contributed by atoms with Crippen LogP contribution in [0.5, 0.6) is 11.5 Å². The van der Waals surface area contributed by atoms with Crippen LogP contribution in [0.2, 0.25) is 0 Å². The van der Waals surface area contributed by atoms with Crippen LogP contribution >= 0.6 is 0 Å². The van der Waals surface area contributed by atoms with E-state index in [1.165, 1.54) is 11.1 Å². The molecule has 1 heterocycles. The van der Waals surface area contributed by atoms with Crippen LogP contribution < -0.4 is 9.47 Å². The molecule has 0 atom stereocenters. The van der Waals surface area contributed by atoms with Crippen LogP contribution in [-0.4, -0.2) is 23.6 Å². The van der Waals surface area contributed by atoms with E-state index >= 15 is 0 Å². The molecule has 4 aromatic rings. The fraction of sp³-hybridized carbons (Fsp3) is 0.250. The molecule has 0 aliphatic heterocycles. The van der Waals surface area contributed by atoms with Crippen molar-refractivity contribution in [2.75, 3.05) is 13.2 Å². The van der Waals surface area contributed by atoms with Crippen LogP contribution in [0.25, 0.3) is 10.9 Å². The molecule has 0 aliphatic carbocycles. The van der Waals surface area contributed by atoms with Gasteiger partial charge in [0.2, 0.25) is 5.78 Å². The minimum Gasteiger partial charge on any atom is -0.491 e. The van der Waals surface area contributed by atoms with Crippen molar-refractivity contribution in [1.29, 1.82) is 0 Å². The van der Waals surface area contributed by atoms with Gasteiger partial charge in [0.15, 0.2) is 6.61 Å². The summed E-state index contributed by atoms with van der Waals surface area (Å²) in [7, 11) is 0. The molecule has 0 saturated carbocycles. The Morgan fingerprint density at radius 3 is 2.47 bits per heavy atom. The van der Waals surface area contributed by atoms with Crippen LogP contribution in [0.3, 0.4) is 0 Å². The number of carbonyl (C=O) groups is 1. The number of ether oxygens (including phenoxy) is 2. The fourth-order valence-corrected chi connectivity index (χ4v) is 3.89. The zero-order chi connectivity index (χ0) is 22.5. The highest BCUT2D eigenvalue weighted by atomic mass is 16.5. The summed E-state index contributed by atoms with van der Waals surface area (Å²) in [6.07, 6.45) is 1.92. The van der Waals surface area contributed by atoms with Crippen molar-refractivity contribution in [2.45, 2.75) is 33.2 Å². The van der Waals surface area contributed by atoms with Gasteiger partial charge in [0.05, 0.1) is 6.54 Å². The Labute approximate surface area is 189 Å². The molecule has 0 saturated heterocycles. The van der Waals surface area contributed by atoms with Crippen molar-refractivity contribution in [3.8, 4) is 11.5 Å². The lowest BCUT2D eigenvalue weighted by molar-refractivity contribution is 0.0923. The van der Waals surface area contributed by atoms with Gasteiger partial charge in [0.1, 0.15) is 18.1 Å². The average Bonchev–Trinajstić information content (AvgIpc) is 3.17. The molecule has 32 heavy (non-hydrogen) atoms. The Hall–Kier alpha value is -3.53. The lowest BCUT2D eigenvalue weighted by Gasteiger charge is -2.15. The van der Waals surface area contributed by atoms with Gasteiger partial charge in [0.25, 0.3) is 0 Å². The van der Waals surface area contributed by atoms with Gasteiger partial charge in [-0.1, -0.05) is 62.4 Å². The van der Waals surface area contributed by atoms with Crippen molar-refractivity contribution in [3.63, 3.8) is 0 Å². The predicted octanol–water partition coefficient (Wildman–Crippen LogP) is 6.41. The Bertz CT molecular complexity index is 1210. The summed E-state index contributed by atoms with van der Waals surface area (Å²) in [6.45, 7) is 7.61. The quantitative estimate of drug-likeness (QED) is 0.290. The lowest BCUT2D eigenvalue weighted by Crippen LogP contribution is -2.12. The molecule has 0 amide bonds.